The van der Waals surface area contributed by atoms with Gasteiger partial charge in [-0.2, -0.15) is 0 Å². The second-order valence-electron chi connectivity index (χ2n) is 4.54. The van der Waals surface area contributed by atoms with E-state index in [0.717, 1.165) is 22.1 Å². The Labute approximate surface area is 120 Å². The van der Waals surface area contributed by atoms with Gasteiger partial charge in [0.05, 0.1) is 5.56 Å². The molecule has 1 aromatic heterocycles. The molecule has 2 nitrogen and oxygen atoms in total. The maximum Gasteiger partial charge on any atom is 0.252 e. The summed E-state index contributed by atoms with van der Waals surface area (Å²) >= 11 is 5.12. The number of amides is 1. The zero-order valence-corrected chi connectivity index (χ0v) is 12.8. The molecule has 0 spiro atoms. The highest BCUT2D eigenvalue weighted by atomic mass is 79.9. The predicted molar refractivity (Wildman–Crippen MR) is 81.8 cm³/mol. The number of thiophene rings is 1. The van der Waals surface area contributed by atoms with E-state index < -0.39 is 0 Å². The van der Waals surface area contributed by atoms with Gasteiger partial charge in [-0.3, -0.25) is 4.79 Å². The molecule has 2 rings (SSSR count). The Balaban J connectivity index is 2.14. The third-order valence-corrected chi connectivity index (χ3v) is 4.12. The van der Waals surface area contributed by atoms with Crippen LogP contribution in [-0.2, 0) is 0 Å². The van der Waals surface area contributed by atoms with Gasteiger partial charge in [-0.15, -0.1) is 11.3 Å². The van der Waals surface area contributed by atoms with Gasteiger partial charge in [0.15, 0.2) is 0 Å². The van der Waals surface area contributed by atoms with Crippen LogP contribution in [0.15, 0.2) is 29.6 Å². The monoisotopic (exact) mass is 325 g/mol. The molecule has 1 aromatic carbocycles. The third-order valence-electron chi connectivity index (χ3n) is 2.78. The topological polar surface area (TPSA) is 29.1 Å². The average Bonchev–Trinajstić information content (AvgIpc) is 2.71. The lowest BCUT2D eigenvalue weighted by atomic mass is 10.1. The van der Waals surface area contributed by atoms with Crippen LogP contribution in [0.3, 0.4) is 0 Å². The maximum atomic E-state index is 12.2. The number of hydrogen-bond donors (Lipinski definition) is 1. The van der Waals surface area contributed by atoms with E-state index in [1.165, 1.54) is 0 Å². The number of alkyl halides is 1. The summed E-state index contributed by atoms with van der Waals surface area (Å²) in [5, 5.41) is 6.02. The van der Waals surface area contributed by atoms with Crippen LogP contribution in [0.5, 0.6) is 0 Å². The number of carbonyl (C=O) groups is 1. The number of halogens is 1. The van der Waals surface area contributed by atoms with Crippen molar-refractivity contribution >= 4 is 43.3 Å². The summed E-state index contributed by atoms with van der Waals surface area (Å²) < 4.78 is 1.16. The van der Waals surface area contributed by atoms with Gasteiger partial charge in [0.1, 0.15) is 0 Å². The lowest BCUT2D eigenvalue weighted by molar-refractivity contribution is 0.0941. The van der Waals surface area contributed by atoms with E-state index >= 15 is 0 Å². The van der Waals surface area contributed by atoms with Crippen LogP contribution in [0.1, 0.15) is 30.6 Å². The smallest absolute Gasteiger partial charge is 0.252 e. The zero-order valence-electron chi connectivity index (χ0n) is 10.4. The largest absolute Gasteiger partial charge is 0.350 e. The molecular formula is C14H16BrNOS. The van der Waals surface area contributed by atoms with Crippen molar-refractivity contribution in [1.29, 1.82) is 0 Å². The van der Waals surface area contributed by atoms with Gasteiger partial charge in [-0.1, -0.05) is 41.1 Å². The molecule has 2 unspecified atom stereocenters. The van der Waals surface area contributed by atoms with Crippen LogP contribution < -0.4 is 5.32 Å². The Morgan fingerprint density at radius 3 is 2.83 bits per heavy atom. The van der Waals surface area contributed by atoms with E-state index in [1.54, 1.807) is 11.3 Å². The number of fused-ring (bicyclic) bond motifs is 1. The Kier molecular flexibility index (Phi) is 4.40. The van der Waals surface area contributed by atoms with Gasteiger partial charge in [0.25, 0.3) is 5.91 Å². The van der Waals surface area contributed by atoms with Crippen LogP contribution in [-0.4, -0.2) is 16.8 Å². The van der Waals surface area contributed by atoms with E-state index in [0.29, 0.717) is 4.83 Å². The highest BCUT2D eigenvalue weighted by Crippen LogP contribution is 2.25. The molecule has 18 heavy (non-hydrogen) atoms. The SMILES string of the molecule is CC(Br)CC(C)NC(=O)c1csc2ccccc12. The molecule has 1 N–H and O–H groups in total. The number of carbonyl (C=O) groups excluding carboxylic acids is 1. The third kappa shape index (κ3) is 3.12. The Bertz CT molecular complexity index is 549. The summed E-state index contributed by atoms with van der Waals surface area (Å²) in [7, 11) is 0. The van der Waals surface area contributed by atoms with Crippen LogP contribution in [0.4, 0.5) is 0 Å². The second kappa shape index (κ2) is 5.85. The molecule has 0 aliphatic rings. The van der Waals surface area contributed by atoms with Crippen LogP contribution in [0.2, 0.25) is 0 Å². The Morgan fingerprint density at radius 1 is 1.39 bits per heavy atom. The van der Waals surface area contributed by atoms with Crippen LogP contribution in [0.25, 0.3) is 10.1 Å². The van der Waals surface area contributed by atoms with Gasteiger partial charge >= 0.3 is 0 Å². The lowest BCUT2D eigenvalue weighted by Gasteiger charge is -2.14. The quantitative estimate of drug-likeness (QED) is 0.839. The number of nitrogens with one attached hydrogen (secondary N) is 1. The summed E-state index contributed by atoms with van der Waals surface area (Å²) in [4.78, 5) is 12.6. The average molecular weight is 326 g/mol. The number of benzene rings is 1. The second-order valence-corrected chi connectivity index (χ2v) is 7.01. The fourth-order valence-electron chi connectivity index (χ4n) is 2.00. The van der Waals surface area contributed by atoms with Crippen molar-refractivity contribution in [1.82, 2.24) is 5.32 Å². The van der Waals surface area contributed by atoms with Gasteiger partial charge in [-0.05, 0) is 19.4 Å². The molecule has 0 fully saturated rings. The van der Waals surface area contributed by atoms with Gasteiger partial charge < -0.3 is 5.32 Å². The zero-order chi connectivity index (χ0) is 13.1. The molecule has 1 amide bonds. The lowest BCUT2D eigenvalue weighted by Crippen LogP contribution is -2.33. The number of rotatable bonds is 4. The Hall–Kier alpha value is -0.870. The molecule has 0 aliphatic heterocycles. The van der Waals surface area contributed by atoms with Crippen molar-refractivity contribution in [3.05, 3.63) is 35.2 Å². The summed E-state index contributed by atoms with van der Waals surface area (Å²) in [6.45, 7) is 4.12. The standard InChI is InChI=1S/C14H16BrNOS/c1-9(15)7-10(2)16-14(17)12-8-18-13-6-4-3-5-11(12)13/h3-6,8-10H,7H2,1-2H3,(H,16,17). The molecule has 2 atom stereocenters. The van der Waals surface area contributed by atoms with Crippen molar-refractivity contribution in [3.63, 3.8) is 0 Å². The molecule has 0 saturated carbocycles. The minimum atomic E-state index is 0.0214. The molecule has 2 aromatic rings. The van der Waals surface area contributed by atoms with Crippen molar-refractivity contribution in [2.45, 2.75) is 31.1 Å². The van der Waals surface area contributed by atoms with E-state index in [4.69, 9.17) is 0 Å². The van der Waals surface area contributed by atoms with Gasteiger partial charge in [0, 0.05) is 26.3 Å². The normalized spacial score (nSPS) is 14.4. The fourth-order valence-corrected chi connectivity index (χ4v) is 3.50. The molecule has 96 valence electrons. The van der Waals surface area contributed by atoms with Crippen molar-refractivity contribution in [2.75, 3.05) is 0 Å². The molecule has 0 radical (unpaired) electrons. The summed E-state index contributed by atoms with van der Waals surface area (Å²) in [6, 6.07) is 8.18. The van der Waals surface area contributed by atoms with Crippen molar-refractivity contribution < 1.29 is 4.79 Å². The van der Waals surface area contributed by atoms with Crippen LogP contribution in [0, 0.1) is 0 Å². The first-order chi connectivity index (χ1) is 8.58. The molecule has 0 bridgehead atoms. The predicted octanol–water partition coefficient (Wildman–Crippen LogP) is 4.19. The summed E-state index contributed by atoms with van der Waals surface area (Å²) in [5.74, 6) is 0.0214. The molecule has 1 heterocycles. The van der Waals surface area contributed by atoms with Crippen molar-refractivity contribution in [3.8, 4) is 0 Å². The molecule has 0 saturated heterocycles. The first-order valence-corrected chi connectivity index (χ1v) is 7.78. The first kappa shape index (κ1) is 13.6. The van der Waals surface area contributed by atoms with E-state index in [1.807, 2.05) is 36.6 Å². The summed E-state index contributed by atoms with van der Waals surface area (Å²) in [5.41, 5.74) is 0.782. The van der Waals surface area contributed by atoms with E-state index in [-0.39, 0.29) is 11.9 Å². The van der Waals surface area contributed by atoms with Gasteiger partial charge in [0.2, 0.25) is 0 Å². The molecule has 4 heteroatoms. The Morgan fingerprint density at radius 2 is 2.11 bits per heavy atom. The van der Waals surface area contributed by atoms with E-state index in [2.05, 4.69) is 28.2 Å². The highest BCUT2D eigenvalue weighted by molar-refractivity contribution is 9.09. The molecular weight excluding hydrogens is 310 g/mol. The summed E-state index contributed by atoms with van der Waals surface area (Å²) in [6.07, 6.45) is 0.924. The van der Waals surface area contributed by atoms with Crippen LogP contribution >= 0.6 is 27.3 Å². The minimum absolute atomic E-state index is 0.0214. The van der Waals surface area contributed by atoms with Gasteiger partial charge in [-0.25, -0.2) is 0 Å². The maximum absolute atomic E-state index is 12.2. The molecule has 0 aliphatic carbocycles. The van der Waals surface area contributed by atoms with E-state index in [9.17, 15) is 4.79 Å². The minimum Gasteiger partial charge on any atom is -0.350 e. The number of hydrogen-bond acceptors (Lipinski definition) is 2. The highest BCUT2D eigenvalue weighted by Gasteiger charge is 2.14. The first-order valence-electron chi connectivity index (χ1n) is 5.99. The van der Waals surface area contributed by atoms with Crippen molar-refractivity contribution in [2.24, 2.45) is 0 Å². The fraction of sp³-hybridized carbons (Fsp3) is 0.357.